The van der Waals surface area contributed by atoms with Crippen LogP contribution < -0.4 is 4.74 Å². The van der Waals surface area contributed by atoms with Gasteiger partial charge in [0.25, 0.3) is 0 Å². The molecule has 0 aromatic heterocycles. The maximum Gasteiger partial charge on any atom is 0.330 e. The van der Waals surface area contributed by atoms with Crippen LogP contribution in [0.4, 0.5) is 0 Å². The summed E-state index contributed by atoms with van der Waals surface area (Å²) < 4.78 is 9.63. The molecule has 0 atom stereocenters. The van der Waals surface area contributed by atoms with E-state index in [2.05, 4.69) is 11.3 Å². The Morgan fingerprint density at radius 2 is 1.94 bits per heavy atom. The van der Waals surface area contributed by atoms with Gasteiger partial charge in [-0.25, -0.2) is 4.79 Å². The van der Waals surface area contributed by atoms with Gasteiger partial charge in [0.15, 0.2) is 0 Å². The Labute approximate surface area is 98.9 Å². The number of carbonyl (C=O) groups is 1. The molecule has 2 N–H and O–H groups in total. The van der Waals surface area contributed by atoms with Crippen LogP contribution in [0.25, 0.3) is 0 Å². The highest BCUT2D eigenvalue weighted by molar-refractivity contribution is 5.81. The first kappa shape index (κ1) is 13.2. The molecule has 0 spiro atoms. The third-order valence-corrected chi connectivity index (χ3v) is 1.83. The molecule has 17 heavy (non-hydrogen) atoms. The first-order valence-electron chi connectivity index (χ1n) is 4.95. The molecule has 0 saturated heterocycles. The Balaban J connectivity index is 2.39. The molecule has 0 heterocycles. The number of esters is 1. The summed E-state index contributed by atoms with van der Waals surface area (Å²) in [6.07, 6.45) is 0.939. The summed E-state index contributed by atoms with van der Waals surface area (Å²) in [6, 6.07) is 8.66. The lowest BCUT2D eigenvalue weighted by atomic mass is 10.3. The third-order valence-electron chi connectivity index (χ3n) is 1.83. The van der Waals surface area contributed by atoms with E-state index in [1.165, 1.54) is 0 Å². The van der Waals surface area contributed by atoms with Crippen LogP contribution in [0, 0.1) is 0 Å². The second-order valence-electron chi connectivity index (χ2n) is 3.40. The number of rotatable bonds is 6. The van der Waals surface area contributed by atoms with Crippen LogP contribution in [0.3, 0.4) is 0 Å². The predicted octanol–water partition coefficient (Wildman–Crippen LogP) is 0.475. The van der Waals surface area contributed by atoms with Gasteiger partial charge in [0.05, 0.1) is 0 Å². The second kappa shape index (κ2) is 6.03. The first-order chi connectivity index (χ1) is 8.03. The molecule has 0 aliphatic carbocycles. The van der Waals surface area contributed by atoms with Crippen molar-refractivity contribution in [3.05, 3.63) is 43.0 Å². The van der Waals surface area contributed by atoms with Gasteiger partial charge in [0, 0.05) is 6.08 Å². The fourth-order valence-electron chi connectivity index (χ4n) is 1.00. The minimum absolute atomic E-state index is 0.401. The zero-order valence-corrected chi connectivity index (χ0v) is 9.20. The van der Waals surface area contributed by atoms with Gasteiger partial charge in [-0.3, -0.25) is 0 Å². The zero-order chi connectivity index (χ0) is 12.7. The van der Waals surface area contributed by atoms with Crippen molar-refractivity contribution >= 4 is 5.97 Å². The van der Waals surface area contributed by atoms with Gasteiger partial charge in [-0.05, 0) is 12.1 Å². The predicted molar refractivity (Wildman–Crippen MR) is 60.3 cm³/mol. The number of hydrogen-bond donors (Lipinski definition) is 2. The maximum absolute atomic E-state index is 10.7. The molecule has 0 saturated carbocycles. The van der Waals surface area contributed by atoms with E-state index in [4.69, 9.17) is 4.74 Å². The third kappa shape index (κ3) is 5.14. The number of aliphatic hydroxyl groups is 2. The van der Waals surface area contributed by atoms with E-state index in [1.54, 1.807) is 24.3 Å². The molecule has 1 aromatic rings. The van der Waals surface area contributed by atoms with Crippen molar-refractivity contribution in [2.45, 2.75) is 5.79 Å². The topological polar surface area (TPSA) is 76.0 Å². The molecule has 1 aromatic carbocycles. The van der Waals surface area contributed by atoms with Gasteiger partial charge in [-0.2, -0.15) is 0 Å². The molecule has 0 bridgehead atoms. The molecule has 0 radical (unpaired) electrons. The number of hydrogen-bond acceptors (Lipinski definition) is 5. The van der Waals surface area contributed by atoms with Crippen molar-refractivity contribution in [1.29, 1.82) is 0 Å². The molecule has 0 unspecified atom stereocenters. The zero-order valence-electron chi connectivity index (χ0n) is 9.20. The lowest BCUT2D eigenvalue weighted by Crippen LogP contribution is -2.41. The Morgan fingerprint density at radius 1 is 1.29 bits per heavy atom. The van der Waals surface area contributed by atoms with Crippen molar-refractivity contribution in [1.82, 2.24) is 0 Å². The van der Waals surface area contributed by atoms with Crippen LogP contribution in [0.5, 0.6) is 5.75 Å². The molecule has 92 valence electrons. The average molecular weight is 238 g/mol. The van der Waals surface area contributed by atoms with Crippen molar-refractivity contribution in [2.75, 3.05) is 13.2 Å². The van der Waals surface area contributed by atoms with Gasteiger partial charge in [0.2, 0.25) is 5.79 Å². The van der Waals surface area contributed by atoms with Crippen molar-refractivity contribution in [3.8, 4) is 5.75 Å². The molecule has 0 fully saturated rings. The Hall–Kier alpha value is -1.85. The van der Waals surface area contributed by atoms with E-state index in [-0.39, 0.29) is 0 Å². The molecular weight excluding hydrogens is 224 g/mol. The van der Waals surface area contributed by atoms with Crippen LogP contribution >= 0.6 is 0 Å². The first-order valence-corrected chi connectivity index (χ1v) is 4.95. The van der Waals surface area contributed by atoms with E-state index in [1.807, 2.05) is 6.07 Å². The van der Waals surface area contributed by atoms with E-state index >= 15 is 0 Å². The quantitative estimate of drug-likeness (QED) is 0.428. The Kier molecular flexibility index (Phi) is 4.68. The highest BCUT2D eigenvalue weighted by Crippen LogP contribution is 2.11. The molecular formula is C12H14O5. The molecule has 5 nitrogen and oxygen atoms in total. The second-order valence-corrected chi connectivity index (χ2v) is 3.40. The van der Waals surface area contributed by atoms with Crippen molar-refractivity contribution in [2.24, 2.45) is 0 Å². The highest BCUT2D eigenvalue weighted by Gasteiger charge is 2.26. The van der Waals surface area contributed by atoms with Crippen LogP contribution in [-0.2, 0) is 9.53 Å². The lowest BCUT2D eigenvalue weighted by molar-refractivity contribution is -0.213. The summed E-state index contributed by atoms with van der Waals surface area (Å²) in [4.78, 5) is 10.7. The Morgan fingerprint density at radius 3 is 2.53 bits per heavy atom. The monoisotopic (exact) mass is 238 g/mol. The fraction of sp³-hybridized carbons (Fsp3) is 0.250. The highest BCUT2D eigenvalue weighted by atomic mass is 16.6. The van der Waals surface area contributed by atoms with Gasteiger partial charge < -0.3 is 19.7 Å². The number of ether oxygens (including phenoxy) is 2. The average Bonchev–Trinajstić information content (AvgIpc) is 2.35. The number of benzene rings is 1. The number of carbonyl (C=O) groups excluding carboxylic acids is 1. The van der Waals surface area contributed by atoms with Gasteiger partial charge in [-0.15, -0.1) is 0 Å². The molecule has 0 aliphatic rings. The van der Waals surface area contributed by atoms with Crippen LogP contribution in [-0.4, -0.2) is 35.2 Å². The minimum atomic E-state index is -2.23. The molecule has 0 aliphatic heterocycles. The lowest BCUT2D eigenvalue weighted by Gasteiger charge is -2.21. The molecule has 1 rings (SSSR count). The van der Waals surface area contributed by atoms with E-state index < -0.39 is 25.0 Å². The Bertz CT molecular complexity index is 372. The SMILES string of the molecule is C=CC(=O)OCC(O)(O)COc1ccccc1. The van der Waals surface area contributed by atoms with Gasteiger partial charge in [-0.1, -0.05) is 24.8 Å². The summed E-state index contributed by atoms with van der Waals surface area (Å²) in [5, 5.41) is 18.9. The fourth-order valence-corrected chi connectivity index (χ4v) is 1.00. The van der Waals surface area contributed by atoms with E-state index in [9.17, 15) is 15.0 Å². The van der Waals surface area contributed by atoms with Crippen LogP contribution in [0.2, 0.25) is 0 Å². The van der Waals surface area contributed by atoms with Crippen molar-refractivity contribution in [3.63, 3.8) is 0 Å². The molecule has 0 amide bonds. The van der Waals surface area contributed by atoms with Crippen LogP contribution in [0.1, 0.15) is 0 Å². The summed E-state index contributed by atoms with van der Waals surface area (Å²) in [7, 11) is 0. The minimum Gasteiger partial charge on any atom is -0.488 e. The summed E-state index contributed by atoms with van der Waals surface area (Å²) in [5.74, 6) is -2.46. The largest absolute Gasteiger partial charge is 0.488 e. The standard InChI is InChI=1S/C12H14O5/c1-2-11(13)17-9-12(14,15)8-16-10-6-4-3-5-7-10/h2-7,14-15H,1,8-9H2. The number of para-hydroxylation sites is 1. The summed E-state index contributed by atoms with van der Waals surface area (Å²) in [5.41, 5.74) is 0. The smallest absolute Gasteiger partial charge is 0.330 e. The maximum atomic E-state index is 10.7. The molecule has 5 heteroatoms. The van der Waals surface area contributed by atoms with Gasteiger partial charge >= 0.3 is 5.97 Å². The summed E-state index contributed by atoms with van der Waals surface area (Å²) >= 11 is 0. The van der Waals surface area contributed by atoms with Crippen molar-refractivity contribution < 1.29 is 24.5 Å². The van der Waals surface area contributed by atoms with E-state index in [0.29, 0.717) is 5.75 Å². The normalized spacial score (nSPS) is 10.7. The summed E-state index contributed by atoms with van der Waals surface area (Å²) in [6.45, 7) is 2.21. The van der Waals surface area contributed by atoms with Gasteiger partial charge in [0.1, 0.15) is 19.0 Å². The van der Waals surface area contributed by atoms with E-state index in [0.717, 1.165) is 6.08 Å². The van der Waals surface area contributed by atoms with Crippen LogP contribution in [0.15, 0.2) is 43.0 Å².